The molecule has 1 aromatic heterocycles. The third kappa shape index (κ3) is 9.79. The number of hydrogen-bond donors (Lipinski definition) is 3. The zero-order valence-corrected chi connectivity index (χ0v) is 17.4. The van der Waals surface area contributed by atoms with Crippen molar-refractivity contribution in [1.82, 2.24) is 16.0 Å². The standard InChI is InChI=1S/C17H30N4O2.HI/c1-13(2)7-5-8-14(3)21-17(18-4)20-11-10-19-16(22)15-9-6-12-23-15;/h6,9,12-14H,5,7-8,10-11H2,1-4H3,(H,19,22)(H2,18,20,21);1H. The summed E-state index contributed by atoms with van der Waals surface area (Å²) in [4.78, 5) is 15.9. The number of guanidine groups is 1. The van der Waals surface area contributed by atoms with E-state index in [1.807, 2.05) is 0 Å². The first-order valence-electron chi connectivity index (χ1n) is 8.31. The molecule has 138 valence electrons. The molecule has 6 nitrogen and oxygen atoms in total. The van der Waals surface area contributed by atoms with E-state index in [-0.39, 0.29) is 29.9 Å². The lowest BCUT2D eigenvalue weighted by atomic mass is 10.0. The van der Waals surface area contributed by atoms with Crippen molar-refractivity contribution in [3.05, 3.63) is 24.2 Å². The van der Waals surface area contributed by atoms with E-state index in [1.54, 1.807) is 19.2 Å². The number of carbonyl (C=O) groups excluding carboxylic acids is 1. The molecule has 0 aliphatic carbocycles. The van der Waals surface area contributed by atoms with Crippen molar-refractivity contribution in [2.75, 3.05) is 20.1 Å². The van der Waals surface area contributed by atoms with Crippen LogP contribution in [0.2, 0.25) is 0 Å². The number of nitrogens with zero attached hydrogens (tertiary/aromatic N) is 1. The van der Waals surface area contributed by atoms with Crippen LogP contribution >= 0.6 is 24.0 Å². The highest BCUT2D eigenvalue weighted by molar-refractivity contribution is 14.0. The molecule has 1 atom stereocenters. The summed E-state index contributed by atoms with van der Waals surface area (Å²) in [5.74, 6) is 1.62. The summed E-state index contributed by atoms with van der Waals surface area (Å²) >= 11 is 0. The monoisotopic (exact) mass is 450 g/mol. The van der Waals surface area contributed by atoms with E-state index in [9.17, 15) is 4.79 Å². The maximum Gasteiger partial charge on any atom is 0.287 e. The summed E-state index contributed by atoms with van der Waals surface area (Å²) in [6.45, 7) is 7.75. The molecule has 0 spiro atoms. The number of rotatable bonds is 9. The van der Waals surface area contributed by atoms with E-state index in [1.165, 1.54) is 19.1 Å². The zero-order chi connectivity index (χ0) is 17.1. The second-order valence-corrected chi connectivity index (χ2v) is 6.10. The lowest BCUT2D eigenvalue weighted by Crippen LogP contribution is -2.44. The van der Waals surface area contributed by atoms with E-state index in [2.05, 4.69) is 41.7 Å². The first-order valence-corrected chi connectivity index (χ1v) is 8.31. The highest BCUT2D eigenvalue weighted by Crippen LogP contribution is 2.08. The predicted octanol–water partition coefficient (Wildman–Crippen LogP) is 3.01. The maximum absolute atomic E-state index is 11.7. The van der Waals surface area contributed by atoms with Crippen molar-refractivity contribution >= 4 is 35.8 Å². The molecule has 0 saturated heterocycles. The number of furan rings is 1. The van der Waals surface area contributed by atoms with Crippen molar-refractivity contribution in [3.8, 4) is 0 Å². The molecule has 3 N–H and O–H groups in total. The number of nitrogens with one attached hydrogen (secondary N) is 3. The van der Waals surface area contributed by atoms with Gasteiger partial charge in [-0.1, -0.05) is 26.7 Å². The topological polar surface area (TPSA) is 78.7 Å². The van der Waals surface area contributed by atoms with Gasteiger partial charge < -0.3 is 20.4 Å². The molecule has 1 unspecified atom stereocenters. The summed E-state index contributed by atoms with van der Waals surface area (Å²) in [5.41, 5.74) is 0. The van der Waals surface area contributed by atoms with Crippen LogP contribution in [0.3, 0.4) is 0 Å². The van der Waals surface area contributed by atoms with Crippen LogP contribution in [0.5, 0.6) is 0 Å². The zero-order valence-electron chi connectivity index (χ0n) is 15.1. The average molecular weight is 450 g/mol. The number of hydrogen-bond acceptors (Lipinski definition) is 3. The van der Waals surface area contributed by atoms with Crippen LogP contribution in [0.25, 0.3) is 0 Å². The summed E-state index contributed by atoms with van der Waals surface area (Å²) in [5, 5.41) is 9.34. The van der Waals surface area contributed by atoms with Crippen LogP contribution in [-0.4, -0.2) is 38.0 Å². The molecule has 0 bridgehead atoms. The second-order valence-electron chi connectivity index (χ2n) is 6.10. The third-order valence-electron chi connectivity index (χ3n) is 3.47. The SMILES string of the molecule is CN=C(NCCNC(=O)c1ccco1)NC(C)CCCC(C)C.I. The van der Waals surface area contributed by atoms with Crippen molar-refractivity contribution in [3.63, 3.8) is 0 Å². The lowest BCUT2D eigenvalue weighted by Gasteiger charge is -2.18. The van der Waals surface area contributed by atoms with Gasteiger partial charge in [-0.3, -0.25) is 9.79 Å². The molecule has 7 heteroatoms. The van der Waals surface area contributed by atoms with Gasteiger partial charge in [0.05, 0.1) is 6.26 Å². The molecular formula is C17H31IN4O2. The fourth-order valence-electron chi connectivity index (χ4n) is 2.18. The molecule has 1 heterocycles. The Hall–Kier alpha value is -1.25. The van der Waals surface area contributed by atoms with Crippen LogP contribution in [-0.2, 0) is 0 Å². The minimum atomic E-state index is -0.207. The Kier molecular flexibility index (Phi) is 12.4. The van der Waals surface area contributed by atoms with Crippen molar-refractivity contribution in [2.24, 2.45) is 10.9 Å². The summed E-state index contributed by atoms with van der Waals surface area (Å²) < 4.78 is 5.03. The molecule has 0 aliphatic heterocycles. The van der Waals surface area contributed by atoms with E-state index in [4.69, 9.17) is 4.42 Å². The van der Waals surface area contributed by atoms with Gasteiger partial charge in [0.1, 0.15) is 0 Å². The van der Waals surface area contributed by atoms with Gasteiger partial charge in [-0.25, -0.2) is 0 Å². The van der Waals surface area contributed by atoms with Crippen LogP contribution < -0.4 is 16.0 Å². The van der Waals surface area contributed by atoms with Gasteiger partial charge in [0.15, 0.2) is 11.7 Å². The summed E-state index contributed by atoms with van der Waals surface area (Å²) in [6, 6.07) is 3.71. The minimum Gasteiger partial charge on any atom is -0.459 e. The smallest absolute Gasteiger partial charge is 0.287 e. The highest BCUT2D eigenvalue weighted by atomic mass is 127. The molecule has 1 amide bonds. The summed E-state index contributed by atoms with van der Waals surface area (Å²) in [7, 11) is 1.75. The van der Waals surface area contributed by atoms with E-state index in [0.29, 0.717) is 24.9 Å². The Balaban J connectivity index is 0.00000529. The first kappa shape index (κ1) is 22.8. The molecule has 24 heavy (non-hydrogen) atoms. The highest BCUT2D eigenvalue weighted by Gasteiger charge is 2.08. The first-order chi connectivity index (χ1) is 11.0. The van der Waals surface area contributed by atoms with Gasteiger partial charge in [-0.15, -0.1) is 24.0 Å². The van der Waals surface area contributed by atoms with Crippen LogP contribution in [0, 0.1) is 5.92 Å². The normalized spacial score (nSPS) is 12.5. The van der Waals surface area contributed by atoms with Gasteiger partial charge in [-0.2, -0.15) is 0 Å². The van der Waals surface area contributed by atoms with Crippen molar-refractivity contribution in [2.45, 2.75) is 46.1 Å². The van der Waals surface area contributed by atoms with Crippen LogP contribution in [0.4, 0.5) is 0 Å². The van der Waals surface area contributed by atoms with E-state index >= 15 is 0 Å². The number of amides is 1. The molecule has 0 saturated carbocycles. The Bertz CT molecular complexity index is 475. The van der Waals surface area contributed by atoms with Crippen molar-refractivity contribution < 1.29 is 9.21 Å². The minimum absolute atomic E-state index is 0. The fraction of sp³-hybridized carbons (Fsp3) is 0.647. The van der Waals surface area contributed by atoms with Gasteiger partial charge in [0.2, 0.25) is 0 Å². The molecule has 0 aromatic carbocycles. The maximum atomic E-state index is 11.7. The second kappa shape index (κ2) is 13.1. The van der Waals surface area contributed by atoms with Gasteiger partial charge in [-0.05, 0) is 31.4 Å². The quantitative estimate of drug-likeness (QED) is 0.234. The number of carbonyl (C=O) groups is 1. The van der Waals surface area contributed by atoms with Gasteiger partial charge in [0, 0.05) is 26.2 Å². The van der Waals surface area contributed by atoms with Gasteiger partial charge in [0.25, 0.3) is 5.91 Å². The lowest BCUT2D eigenvalue weighted by molar-refractivity contribution is 0.0926. The summed E-state index contributed by atoms with van der Waals surface area (Å²) in [6.07, 6.45) is 5.06. The van der Waals surface area contributed by atoms with E-state index in [0.717, 1.165) is 18.3 Å². The molecule has 1 aromatic rings. The van der Waals surface area contributed by atoms with Crippen LogP contribution in [0.15, 0.2) is 27.8 Å². The average Bonchev–Trinajstić information content (AvgIpc) is 3.04. The Morgan fingerprint density at radius 3 is 2.50 bits per heavy atom. The molecule has 0 radical (unpaired) electrons. The molecule has 1 rings (SSSR count). The Labute approximate surface area is 162 Å². The predicted molar refractivity (Wildman–Crippen MR) is 109 cm³/mol. The largest absolute Gasteiger partial charge is 0.459 e. The fourth-order valence-corrected chi connectivity index (χ4v) is 2.18. The molecular weight excluding hydrogens is 419 g/mol. The number of aliphatic imine (C=N–C) groups is 1. The van der Waals surface area contributed by atoms with Crippen molar-refractivity contribution in [1.29, 1.82) is 0 Å². The molecule has 0 fully saturated rings. The van der Waals surface area contributed by atoms with E-state index < -0.39 is 0 Å². The Morgan fingerprint density at radius 2 is 1.92 bits per heavy atom. The van der Waals surface area contributed by atoms with Gasteiger partial charge >= 0.3 is 0 Å². The third-order valence-corrected chi connectivity index (χ3v) is 3.47. The Morgan fingerprint density at radius 1 is 1.21 bits per heavy atom. The number of halogens is 1. The molecule has 0 aliphatic rings. The van der Waals surface area contributed by atoms with Crippen LogP contribution in [0.1, 0.15) is 50.6 Å².